The van der Waals surface area contributed by atoms with Crippen LogP contribution in [0.4, 0.5) is 17.6 Å². The summed E-state index contributed by atoms with van der Waals surface area (Å²) in [4.78, 5) is 2.20. The summed E-state index contributed by atoms with van der Waals surface area (Å²) in [5.41, 5.74) is 5.09. The average molecular weight is 562 g/mol. The molecule has 1 heterocycles. The highest BCUT2D eigenvalue weighted by Crippen LogP contribution is 2.44. The summed E-state index contributed by atoms with van der Waals surface area (Å²) >= 11 is 6.49. The van der Waals surface area contributed by atoms with Crippen molar-refractivity contribution in [2.75, 3.05) is 26.3 Å². The van der Waals surface area contributed by atoms with E-state index >= 15 is 0 Å². The fraction of sp³-hybridized carbons (Fsp3) is 0.333. The van der Waals surface area contributed by atoms with Crippen LogP contribution in [0.5, 0.6) is 17.2 Å². The van der Waals surface area contributed by atoms with E-state index in [1.807, 2.05) is 30.3 Å². The monoisotopic (exact) mass is 561 g/mol. The Kier molecular flexibility index (Phi) is 8.05. The van der Waals surface area contributed by atoms with E-state index in [9.17, 15) is 22.7 Å². The van der Waals surface area contributed by atoms with E-state index < -0.39 is 6.36 Å². The van der Waals surface area contributed by atoms with Crippen LogP contribution in [0.3, 0.4) is 0 Å². The molecule has 5 rings (SSSR count). The van der Waals surface area contributed by atoms with E-state index in [0.717, 1.165) is 59.6 Å². The lowest BCUT2D eigenvalue weighted by molar-refractivity contribution is -0.274. The number of hydrogen-bond acceptors (Lipinski definition) is 4. The Bertz CT molecular complexity index is 1360. The molecule has 0 amide bonds. The van der Waals surface area contributed by atoms with Crippen molar-refractivity contribution in [3.05, 3.63) is 87.9 Å². The molecule has 0 bridgehead atoms. The van der Waals surface area contributed by atoms with Gasteiger partial charge in [0, 0.05) is 19.6 Å². The molecule has 1 saturated heterocycles. The van der Waals surface area contributed by atoms with Crippen molar-refractivity contribution in [1.29, 1.82) is 0 Å². The van der Waals surface area contributed by atoms with Gasteiger partial charge in [-0.05, 0) is 102 Å². The summed E-state index contributed by atoms with van der Waals surface area (Å²) in [5.74, 6) is 0.451. The molecule has 206 valence electrons. The zero-order valence-corrected chi connectivity index (χ0v) is 21.9. The van der Waals surface area contributed by atoms with Gasteiger partial charge in [-0.15, -0.1) is 13.2 Å². The molecule has 9 heteroatoms. The van der Waals surface area contributed by atoms with Crippen LogP contribution in [0.2, 0.25) is 5.02 Å². The van der Waals surface area contributed by atoms with Crippen LogP contribution in [0, 0.1) is 0 Å². The normalized spacial score (nSPS) is 17.8. The maximum atomic E-state index is 12.7. The van der Waals surface area contributed by atoms with Gasteiger partial charge in [0.25, 0.3) is 0 Å². The predicted molar refractivity (Wildman–Crippen MR) is 143 cm³/mol. The maximum Gasteiger partial charge on any atom is 0.573 e. The van der Waals surface area contributed by atoms with E-state index in [1.165, 1.54) is 12.1 Å². The van der Waals surface area contributed by atoms with Gasteiger partial charge in [-0.1, -0.05) is 29.8 Å². The number of nitrogens with zero attached hydrogens (tertiary/aromatic N) is 1. The second-order valence-electron chi connectivity index (χ2n) is 9.78. The molecule has 3 aromatic carbocycles. The van der Waals surface area contributed by atoms with Crippen molar-refractivity contribution in [3.8, 4) is 17.2 Å². The van der Waals surface area contributed by atoms with Crippen molar-refractivity contribution in [2.24, 2.45) is 0 Å². The average Bonchev–Trinajstić information content (AvgIpc) is 3.33. The van der Waals surface area contributed by atoms with Gasteiger partial charge in [0.2, 0.25) is 0 Å². The summed E-state index contributed by atoms with van der Waals surface area (Å²) in [7, 11) is 0. The van der Waals surface area contributed by atoms with Crippen LogP contribution >= 0.6 is 11.6 Å². The number of benzene rings is 3. The molecule has 1 fully saturated rings. The second kappa shape index (κ2) is 11.5. The number of rotatable bonds is 8. The Hall–Kier alpha value is -3.23. The first kappa shape index (κ1) is 27.3. The van der Waals surface area contributed by atoms with E-state index in [2.05, 4.69) is 9.64 Å². The van der Waals surface area contributed by atoms with Crippen molar-refractivity contribution >= 4 is 22.7 Å². The van der Waals surface area contributed by atoms with Crippen LogP contribution < -0.4 is 9.47 Å². The predicted octanol–water partition coefficient (Wildman–Crippen LogP) is 7.66. The summed E-state index contributed by atoms with van der Waals surface area (Å²) in [6.45, 7) is 2.05. The molecule has 0 aromatic heterocycles. The minimum atomic E-state index is -4.81. The van der Waals surface area contributed by atoms with Gasteiger partial charge in [-0.3, -0.25) is 9.29 Å². The Balaban J connectivity index is 1.47. The Morgan fingerprint density at radius 3 is 2.44 bits per heavy atom. The first-order valence-corrected chi connectivity index (χ1v) is 13.2. The van der Waals surface area contributed by atoms with Gasteiger partial charge in [0.1, 0.15) is 23.4 Å². The smallest absolute Gasteiger partial charge is 0.508 e. The van der Waals surface area contributed by atoms with Crippen LogP contribution in [0.25, 0.3) is 11.1 Å². The van der Waals surface area contributed by atoms with Gasteiger partial charge >= 0.3 is 6.36 Å². The molecule has 0 radical (unpaired) electrons. The molecule has 4 nitrogen and oxygen atoms in total. The highest BCUT2D eigenvalue weighted by Gasteiger charge is 2.32. The van der Waals surface area contributed by atoms with Gasteiger partial charge in [0.15, 0.2) is 0 Å². The minimum Gasteiger partial charge on any atom is -0.508 e. The van der Waals surface area contributed by atoms with Crippen molar-refractivity contribution < 1.29 is 32.1 Å². The maximum absolute atomic E-state index is 12.7. The third kappa shape index (κ3) is 6.50. The zero-order valence-electron chi connectivity index (χ0n) is 21.1. The molecule has 0 saturated carbocycles. The fourth-order valence-corrected chi connectivity index (χ4v) is 5.66. The van der Waals surface area contributed by atoms with Crippen molar-refractivity contribution in [1.82, 2.24) is 4.90 Å². The summed E-state index contributed by atoms with van der Waals surface area (Å²) in [6.07, 6.45) is -2.07. The van der Waals surface area contributed by atoms with Crippen LogP contribution in [0.1, 0.15) is 41.5 Å². The molecule has 1 atom stereocenters. The number of allylic oxidation sites excluding steroid dienone is 1. The van der Waals surface area contributed by atoms with E-state index in [1.54, 1.807) is 18.2 Å². The second-order valence-corrected chi connectivity index (χ2v) is 10.2. The zero-order chi connectivity index (χ0) is 27.6. The Labute approximate surface area is 229 Å². The molecular weight excluding hydrogens is 534 g/mol. The summed E-state index contributed by atoms with van der Waals surface area (Å²) in [6, 6.07) is 16.9. The summed E-state index contributed by atoms with van der Waals surface area (Å²) < 4.78 is 60.9. The molecule has 3 aromatic rings. The Morgan fingerprint density at radius 1 is 0.949 bits per heavy atom. The van der Waals surface area contributed by atoms with Crippen molar-refractivity contribution in [3.63, 3.8) is 0 Å². The lowest BCUT2D eigenvalue weighted by Gasteiger charge is -2.25. The van der Waals surface area contributed by atoms with E-state index in [0.29, 0.717) is 24.8 Å². The number of aromatic hydroxyl groups is 1. The third-order valence-corrected chi connectivity index (χ3v) is 7.40. The standard InChI is InChI=1S/C30H28ClF4NO3/c31-28-17-23(39-30(33,34)35)9-11-25(28)26-10-5-19-2-6-21(37)16-27(19)29(26)20-3-7-22(8-4-20)38-24-12-15-36(18-24)14-1-13-32/h2-4,6-9,11,16-17,24,37H,1,5,10,12-15,18H2/t24-/m0/s1. The number of likely N-dealkylation sites (tertiary alicyclic amines) is 1. The molecule has 1 aliphatic heterocycles. The number of fused-ring (bicyclic) bond motifs is 1. The molecule has 0 spiro atoms. The van der Waals surface area contributed by atoms with Crippen LogP contribution in [-0.2, 0) is 6.42 Å². The molecule has 0 unspecified atom stereocenters. The minimum absolute atomic E-state index is 0.0360. The molecule has 1 N–H and O–H groups in total. The first-order chi connectivity index (χ1) is 18.7. The largest absolute Gasteiger partial charge is 0.573 e. The number of phenols is 1. The van der Waals surface area contributed by atoms with Gasteiger partial charge in [0.05, 0.1) is 11.7 Å². The van der Waals surface area contributed by atoms with Gasteiger partial charge in [-0.2, -0.15) is 0 Å². The molecule has 2 aliphatic rings. The Morgan fingerprint density at radius 2 is 1.72 bits per heavy atom. The van der Waals surface area contributed by atoms with Crippen molar-refractivity contribution in [2.45, 2.75) is 38.1 Å². The summed E-state index contributed by atoms with van der Waals surface area (Å²) in [5, 5.41) is 10.4. The molecular formula is C30H28ClF4NO3. The quantitative estimate of drug-likeness (QED) is 0.287. The number of ether oxygens (including phenoxy) is 2. The first-order valence-electron chi connectivity index (χ1n) is 12.9. The number of hydrogen-bond donors (Lipinski definition) is 1. The highest BCUT2D eigenvalue weighted by atomic mass is 35.5. The van der Waals surface area contributed by atoms with E-state index in [-0.39, 0.29) is 29.3 Å². The molecule has 1 aliphatic carbocycles. The lowest BCUT2D eigenvalue weighted by atomic mass is 9.79. The number of phenolic OH excluding ortho intramolecular Hbond substituents is 1. The number of alkyl halides is 4. The number of aryl methyl sites for hydroxylation is 1. The van der Waals surface area contributed by atoms with Crippen LogP contribution in [-0.4, -0.2) is 48.8 Å². The third-order valence-electron chi connectivity index (χ3n) is 7.09. The molecule has 39 heavy (non-hydrogen) atoms. The fourth-order valence-electron chi connectivity index (χ4n) is 5.37. The van der Waals surface area contributed by atoms with E-state index in [4.69, 9.17) is 16.3 Å². The van der Waals surface area contributed by atoms with Gasteiger partial charge in [-0.25, -0.2) is 0 Å². The highest BCUT2D eigenvalue weighted by molar-refractivity contribution is 6.33. The van der Waals surface area contributed by atoms with Crippen LogP contribution in [0.15, 0.2) is 60.7 Å². The SMILES string of the molecule is Oc1ccc2c(c1)C(c1ccc(O[C@H]3CCN(CCCF)C3)cc1)=C(c1ccc(OC(F)(F)F)cc1Cl)CC2. The van der Waals surface area contributed by atoms with Gasteiger partial charge < -0.3 is 14.6 Å². The lowest BCUT2D eigenvalue weighted by Crippen LogP contribution is -2.26. The number of halogens is 5. The topological polar surface area (TPSA) is 41.9 Å².